The molecule has 0 fully saturated rings. The van der Waals surface area contributed by atoms with Crippen molar-refractivity contribution in [3.8, 4) is 34.0 Å². The average Bonchev–Trinajstić information content (AvgIpc) is 3.34. The van der Waals surface area contributed by atoms with Crippen LogP contribution in [-0.4, -0.2) is 29.1 Å². The van der Waals surface area contributed by atoms with Gasteiger partial charge in [0.2, 0.25) is 5.28 Å². The van der Waals surface area contributed by atoms with Gasteiger partial charge in [-0.05, 0) is 54.1 Å². The number of fused-ring (bicyclic) bond motifs is 1. The standard InChI is InChI=1S/C27H16Cl2N6O/c28-19-10-12-21(13-11-19)35-24(18-8-6-17(7-9-18)22-14-15-30-27(29)32-22)33-25-23(26(35)36)31-16-34(25)20-4-2-1-3-5-20/h1-16H. The molecular weight excluding hydrogens is 495 g/mol. The van der Waals surface area contributed by atoms with Crippen molar-refractivity contribution >= 4 is 34.4 Å². The van der Waals surface area contributed by atoms with Gasteiger partial charge in [0, 0.05) is 28.0 Å². The first-order chi connectivity index (χ1) is 17.6. The first-order valence-corrected chi connectivity index (χ1v) is 11.7. The number of imidazole rings is 1. The van der Waals surface area contributed by atoms with E-state index in [1.165, 1.54) is 0 Å². The highest BCUT2D eigenvalue weighted by Crippen LogP contribution is 2.27. The molecule has 0 aliphatic rings. The van der Waals surface area contributed by atoms with Crippen molar-refractivity contribution in [3.63, 3.8) is 0 Å². The summed E-state index contributed by atoms with van der Waals surface area (Å²) in [7, 11) is 0. The van der Waals surface area contributed by atoms with Gasteiger partial charge in [0.05, 0.1) is 11.4 Å². The van der Waals surface area contributed by atoms with Crippen LogP contribution in [0.4, 0.5) is 0 Å². The molecule has 0 saturated carbocycles. The minimum absolute atomic E-state index is 0.175. The molecule has 0 amide bonds. The van der Waals surface area contributed by atoms with Gasteiger partial charge >= 0.3 is 0 Å². The van der Waals surface area contributed by atoms with E-state index in [0.717, 1.165) is 16.8 Å². The third-order valence-corrected chi connectivity index (χ3v) is 6.19. The molecule has 9 heteroatoms. The van der Waals surface area contributed by atoms with Gasteiger partial charge in [0.1, 0.15) is 12.2 Å². The van der Waals surface area contributed by atoms with Crippen LogP contribution >= 0.6 is 23.2 Å². The van der Waals surface area contributed by atoms with E-state index >= 15 is 0 Å². The number of benzene rings is 3. The first-order valence-electron chi connectivity index (χ1n) is 11.0. The largest absolute Gasteiger partial charge is 0.286 e. The zero-order valence-corrected chi connectivity index (χ0v) is 20.1. The predicted octanol–water partition coefficient (Wildman–Crippen LogP) is 6.00. The molecule has 0 aliphatic heterocycles. The molecule has 3 aromatic carbocycles. The molecule has 36 heavy (non-hydrogen) atoms. The fourth-order valence-corrected chi connectivity index (χ4v) is 4.31. The Morgan fingerprint density at radius 1 is 0.694 bits per heavy atom. The van der Waals surface area contributed by atoms with Crippen LogP contribution in [0.25, 0.3) is 45.2 Å². The van der Waals surface area contributed by atoms with Crippen molar-refractivity contribution < 1.29 is 0 Å². The second kappa shape index (κ2) is 9.03. The van der Waals surface area contributed by atoms with Crippen molar-refractivity contribution in [2.75, 3.05) is 0 Å². The molecule has 7 nitrogen and oxygen atoms in total. The van der Waals surface area contributed by atoms with E-state index in [1.807, 2.05) is 59.2 Å². The number of para-hydroxylation sites is 1. The summed E-state index contributed by atoms with van der Waals surface area (Å²) in [6.45, 7) is 0. The molecule has 0 spiro atoms. The van der Waals surface area contributed by atoms with E-state index in [2.05, 4.69) is 15.0 Å². The van der Waals surface area contributed by atoms with E-state index in [9.17, 15) is 4.79 Å². The van der Waals surface area contributed by atoms with Gasteiger partial charge in [-0.3, -0.25) is 13.9 Å². The third-order valence-electron chi connectivity index (χ3n) is 5.76. The zero-order chi connectivity index (χ0) is 24.6. The highest BCUT2D eigenvalue weighted by molar-refractivity contribution is 6.30. The molecule has 0 atom stereocenters. The fraction of sp³-hybridized carbons (Fsp3) is 0. The van der Waals surface area contributed by atoms with E-state index in [0.29, 0.717) is 27.9 Å². The molecule has 0 N–H and O–H groups in total. The Kier molecular flexibility index (Phi) is 5.56. The topological polar surface area (TPSA) is 78.5 Å². The summed E-state index contributed by atoms with van der Waals surface area (Å²) in [5, 5.41) is 0.748. The lowest BCUT2D eigenvalue weighted by Gasteiger charge is -2.14. The molecule has 0 aliphatic carbocycles. The second-order valence-corrected chi connectivity index (χ2v) is 8.74. The van der Waals surface area contributed by atoms with E-state index in [4.69, 9.17) is 28.2 Å². The van der Waals surface area contributed by atoms with Crippen molar-refractivity contribution in [3.05, 3.63) is 118 Å². The Morgan fingerprint density at radius 3 is 2.14 bits per heavy atom. The van der Waals surface area contributed by atoms with Crippen LogP contribution in [0.3, 0.4) is 0 Å². The van der Waals surface area contributed by atoms with Crippen molar-refractivity contribution in [1.29, 1.82) is 0 Å². The van der Waals surface area contributed by atoms with Gasteiger partial charge in [0.15, 0.2) is 11.2 Å². The van der Waals surface area contributed by atoms with Gasteiger partial charge < -0.3 is 0 Å². The van der Waals surface area contributed by atoms with Gasteiger partial charge in [-0.1, -0.05) is 54.1 Å². The fourth-order valence-electron chi connectivity index (χ4n) is 4.04. The van der Waals surface area contributed by atoms with Crippen LogP contribution in [0, 0.1) is 0 Å². The summed E-state index contributed by atoms with van der Waals surface area (Å²) >= 11 is 12.1. The van der Waals surface area contributed by atoms with E-state index in [1.54, 1.807) is 47.4 Å². The second-order valence-electron chi connectivity index (χ2n) is 7.96. The predicted molar refractivity (Wildman–Crippen MR) is 141 cm³/mol. The molecule has 3 aromatic heterocycles. The minimum Gasteiger partial charge on any atom is -0.283 e. The smallest absolute Gasteiger partial charge is 0.283 e. The van der Waals surface area contributed by atoms with Gasteiger partial charge in [-0.2, -0.15) is 0 Å². The highest BCUT2D eigenvalue weighted by atomic mass is 35.5. The van der Waals surface area contributed by atoms with Crippen LogP contribution in [0.1, 0.15) is 0 Å². The Morgan fingerprint density at radius 2 is 1.42 bits per heavy atom. The molecular formula is C27H16Cl2N6O. The van der Waals surface area contributed by atoms with Crippen LogP contribution in [0.5, 0.6) is 0 Å². The maximum absolute atomic E-state index is 13.8. The highest BCUT2D eigenvalue weighted by Gasteiger charge is 2.19. The molecule has 174 valence electrons. The van der Waals surface area contributed by atoms with Crippen LogP contribution in [0.15, 0.2) is 102 Å². The quantitative estimate of drug-likeness (QED) is 0.271. The molecule has 3 heterocycles. The Bertz CT molecular complexity index is 1760. The van der Waals surface area contributed by atoms with Crippen molar-refractivity contribution in [2.24, 2.45) is 0 Å². The Hall–Kier alpha value is -4.33. The molecule has 6 aromatic rings. The monoisotopic (exact) mass is 510 g/mol. The maximum Gasteiger partial charge on any atom is 0.286 e. The van der Waals surface area contributed by atoms with Gasteiger partial charge in [-0.15, -0.1) is 0 Å². The molecule has 0 bridgehead atoms. The summed E-state index contributed by atoms with van der Waals surface area (Å²) in [5.74, 6) is 0.472. The average molecular weight is 511 g/mol. The minimum atomic E-state index is -0.279. The van der Waals surface area contributed by atoms with Crippen LogP contribution < -0.4 is 5.56 Å². The van der Waals surface area contributed by atoms with Crippen molar-refractivity contribution in [2.45, 2.75) is 0 Å². The van der Waals surface area contributed by atoms with Crippen LogP contribution in [-0.2, 0) is 0 Å². The first kappa shape index (κ1) is 22.2. The summed E-state index contributed by atoms with van der Waals surface area (Å²) < 4.78 is 3.36. The zero-order valence-electron chi connectivity index (χ0n) is 18.6. The summed E-state index contributed by atoms with van der Waals surface area (Å²) in [5.41, 5.74) is 4.25. The summed E-state index contributed by atoms with van der Waals surface area (Å²) in [6.07, 6.45) is 3.23. The lowest BCUT2D eigenvalue weighted by molar-refractivity contribution is 0.962. The van der Waals surface area contributed by atoms with Crippen LogP contribution in [0.2, 0.25) is 10.3 Å². The van der Waals surface area contributed by atoms with Gasteiger partial charge in [-0.25, -0.2) is 19.9 Å². The number of halogens is 2. The SMILES string of the molecule is O=c1c2ncn(-c3ccccc3)c2nc(-c2ccc(-c3ccnc(Cl)n3)cc2)n1-c1ccc(Cl)cc1. The number of nitrogens with zero attached hydrogens (tertiary/aromatic N) is 6. The molecule has 0 radical (unpaired) electrons. The number of rotatable bonds is 4. The number of hydrogen-bond donors (Lipinski definition) is 0. The summed E-state index contributed by atoms with van der Waals surface area (Å²) in [4.78, 5) is 31.3. The van der Waals surface area contributed by atoms with Gasteiger partial charge in [0.25, 0.3) is 5.56 Å². The van der Waals surface area contributed by atoms with E-state index in [-0.39, 0.29) is 16.4 Å². The lowest BCUT2D eigenvalue weighted by Crippen LogP contribution is -2.22. The Balaban J connectivity index is 1.58. The maximum atomic E-state index is 13.8. The third kappa shape index (κ3) is 3.94. The van der Waals surface area contributed by atoms with Crippen molar-refractivity contribution in [1.82, 2.24) is 29.1 Å². The molecule has 0 saturated heterocycles. The molecule has 6 rings (SSSR count). The number of hydrogen-bond acceptors (Lipinski definition) is 5. The Labute approximate surface area is 215 Å². The van der Waals surface area contributed by atoms with E-state index < -0.39 is 0 Å². The lowest BCUT2D eigenvalue weighted by atomic mass is 10.1. The summed E-state index contributed by atoms with van der Waals surface area (Å²) in [6, 6.07) is 26.1. The normalized spacial score (nSPS) is 11.2. The molecule has 0 unspecified atom stereocenters. The number of aromatic nitrogens is 6.